The van der Waals surface area contributed by atoms with Crippen molar-refractivity contribution >= 4 is 27.3 Å². The highest BCUT2D eigenvalue weighted by atomic mass is 32.2. The Balaban J connectivity index is 1.78. The molecule has 0 saturated heterocycles. The molecular weight excluding hydrogens is 347 g/mol. The number of hydrogen-bond donors (Lipinski definition) is 3. The fraction of sp³-hybridized carbons (Fsp3) is 0.133. The number of benzene rings is 1. The SMILES string of the molecule is Cc1n[nH]c(C)c1S(=O)(=O)Nc1ccc(Nc2ccccc2F)nn1. The lowest BCUT2D eigenvalue weighted by Crippen LogP contribution is -2.16. The minimum Gasteiger partial charge on any atom is -0.336 e. The number of nitrogens with one attached hydrogen (secondary N) is 3. The summed E-state index contributed by atoms with van der Waals surface area (Å²) >= 11 is 0. The molecule has 0 aliphatic carbocycles. The topological polar surface area (TPSA) is 113 Å². The number of halogens is 1. The molecule has 0 atom stereocenters. The van der Waals surface area contributed by atoms with Crippen molar-refractivity contribution in [3.8, 4) is 0 Å². The molecule has 10 heteroatoms. The van der Waals surface area contributed by atoms with Gasteiger partial charge in [0.25, 0.3) is 10.0 Å². The Morgan fingerprint density at radius 2 is 1.72 bits per heavy atom. The average Bonchev–Trinajstić information content (AvgIpc) is 2.91. The molecule has 2 heterocycles. The Kier molecular flexibility index (Phi) is 4.36. The van der Waals surface area contributed by atoms with E-state index in [4.69, 9.17) is 0 Å². The maximum absolute atomic E-state index is 13.6. The monoisotopic (exact) mass is 362 g/mol. The summed E-state index contributed by atoms with van der Waals surface area (Å²) in [5.41, 5.74) is 1.03. The summed E-state index contributed by atoms with van der Waals surface area (Å²) in [5.74, 6) is -0.109. The van der Waals surface area contributed by atoms with Crippen LogP contribution in [0.3, 0.4) is 0 Å². The molecule has 8 nitrogen and oxygen atoms in total. The molecule has 0 radical (unpaired) electrons. The third-order valence-corrected chi connectivity index (χ3v) is 4.99. The lowest BCUT2D eigenvalue weighted by molar-refractivity contribution is 0.600. The number of rotatable bonds is 5. The molecule has 130 valence electrons. The van der Waals surface area contributed by atoms with Crippen LogP contribution >= 0.6 is 0 Å². The third kappa shape index (κ3) is 3.58. The standard InChI is InChI=1S/C15H15FN6O2S/c1-9-15(10(2)19-18-9)25(23,24)22-14-8-7-13(20-21-14)17-12-6-4-3-5-11(12)16/h3-8H,1-2H3,(H,17,20)(H,18,19)(H,21,22). The number of aromatic nitrogens is 4. The summed E-state index contributed by atoms with van der Waals surface area (Å²) in [5, 5.41) is 16.9. The molecule has 0 amide bonds. The first-order chi connectivity index (χ1) is 11.9. The zero-order chi connectivity index (χ0) is 18.0. The molecule has 0 fully saturated rings. The number of hydrogen-bond acceptors (Lipinski definition) is 6. The molecular formula is C15H15FN6O2S. The minimum absolute atomic E-state index is 0.0408. The van der Waals surface area contributed by atoms with Crippen LogP contribution in [0.2, 0.25) is 0 Å². The Morgan fingerprint density at radius 1 is 1.04 bits per heavy atom. The molecule has 0 unspecified atom stereocenters. The number of H-pyrrole nitrogens is 1. The number of para-hydroxylation sites is 1. The van der Waals surface area contributed by atoms with Crippen LogP contribution in [0.1, 0.15) is 11.4 Å². The van der Waals surface area contributed by atoms with Crippen molar-refractivity contribution in [3.05, 3.63) is 53.6 Å². The molecule has 3 aromatic rings. The van der Waals surface area contributed by atoms with E-state index in [1.165, 1.54) is 18.2 Å². The fourth-order valence-electron chi connectivity index (χ4n) is 2.28. The van der Waals surface area contributed by atoms with E-state index in [9.17, 15) is 12.8 Å². The van der Waals surface area contributed by atoms with Gasteiger partial charge >= 0.3 is 0 Å². The van der Waals surface area contributed by atoms with E-state index in [1.54, 1.807) is 32.0 Å². The quantitative estimate of drug-likeness (QED) is 0.643. The van der Waals surface area contributed by atoms with Crippen molar-refractivity contribution in [2.75, 3.05) is 10.0 Å². The van der Waals surface area contributed by atoms with Crippen LogP contribution in [0.4, 0.5) is 21.7 Å². The van der Waals surface area contributed by atoms with Gasteiger partial charge < -0.3 is 5.32 Å². The van der Waals surface area contributed by atoms with Gasteiger partial charge in [0.2, 0.25) is 0 Å². The maximum Gasteiger partial charge on any atom is 0.266 e. The lowest BCUT2D eigenvalue weighted by atomic mass is 10.3. The van der Waals surface area contributed by atoms with E-state index in [0.29, 0.717) is 11.4 Å². The van der Waals surface area contributed by atoms with E-state index in [2.05, 4.69) is 30.4 Å². The van der Waals surface area contributed by atoms with Gasteiger partial charge in [-0.2, -0.15) is 5.10 Å². The third-order valence-electron chi connectivity index (χ3n) is 3.37. The van der Waals surface area contributed by atoms with Gasteiger partial charge in [0, 0.05) is 0 Å². The summed E-state index contributed by atoms with van der Waals surface area (Å²) in [7, 11) is -3.84. The van der Waals surface area contributed by atoms with Crippen LogP contribution in [0.5, 0.6) is 0 Å². The molecule has 0 spiro atoms. The second kappa shape index (κ2) is 6.48. The van der Waals surface area contributed by atoms with Crippen LogP contribution in [0.15, 0.2) is 41.3 Å². The van der Waals surface area contributed by atoms with Crippen molar-refractivity contribution in [1.82, 2.24) is 20.4 Å². The number of aryl methyl sites for hydroxylation is 2. The Hall–Kier alpha value is -3.01. The van der Waals surface area contributed by atoms with Crippen molar-refractivity contribution in [3.63, 3.8) is 0 Å². The maximum atomic E-state index is 13.6. The number of aromatic amines is 1. The smallest absolute Gasteiger partial charge is 0.266 e. The van der Waals surface area contributed by atoms with Crippen molar-refractivity contribution in [2.24, 2.45) is 0 Å². The van der Waals surface area contributed by atoms with Crippen LogP contribution in [-0.4, -0.2) is 28.8 Å². The first-order valence-corrected chi connectivity index (χ1v) is 8.75. The Bertz CT molecular complexity index is 982. The number of anilines is 3. The second-order valence-electron chi connectivity index (χ2n) is 5.28. The summed E-state index contributed by atoms with van der Waals surface area (Å²) in [6, 6.07) is 9.04. The first-order valence-electron chi connectivity index (χ1n) is 7.26. The summed E-state index contributed by atoms with van der Waals surface area (Å²) in [6.07, 6.45) is 0. The predicted molar refractivity (Wildman–Crippen MR) is 90.6 cm³/mol. The van der Waals surface area contributed by atoms with Gasteiger partial charge in [-0.1, -0.05) is 12.1 Å². The van der Waals surface area contributed by atoms with Crippen LogP contribution in [-0.2, 0) is 10.0 Å². The molecule has 0 aliphatic heterocycles. The molecule has 1 aromatic carbocycles. The molecule has 0 bridgehead atoms. The Labute approximate surface area is 143 Å². The molecule has 0 saturated carbocycles. The van der Waals surface area contributed by atoms with E-state index >= 15 is 0 Å². The van der Waals surface area contributed by atoms with Crippen LogP contribution in [0, 0.1) is 19.7 Å². The summed E-state index contributed by atoms with van der Waals surface area (Å²) in [6.45, 7) is 3.20. The second-order valence-corrected chi connectivity index (χ2v) is 6.90. The highest BCUT2D eigenvalue weighted by Gasteiger charge is 2.22. The zero-order valence-electron chi connectivity index (χ0n) is 13.4. The number of sulfonamides is 1. The van der Waals surface area contributed by atoms with E-state index in [0.717, 1.165) is 0 Å². The highest BCUT2D eigenvalue weighted by molar-refractivity contribution is 7.92. The molecule has 2 aromatic heterocycles. The number of nitrogens with zero attached hydrogens (tertiary/aromatic N) is 3. The zero-order valence-corrected chi connectivity index (χ0v) is 14.2. The molecule has 25 heavy (non-hydrogen) atoms. The highest BCUT2D eigenvalue weighted by Crippen LogP contribution is 2.21. The van der Waals surface area contributed by atoms with Crippen molar-refractivity contribution < 1.29 is 12.8 Å². The molecule has 3 N–H and O–H groups in total. The summed E-state index contributed by atoms with van der Waals surface area (Å²) in [4.78, 5) is 0.0721. The van der Waals surface area contributed by atoms with Gasteiger partial charge in [0.05, 0.1) is 17.1 Å². The average molecular weight is 362 g/mol. The van der Waals surface area contributed by atoms with Gasteiger partial charge in [-0.3, -0.25) is 9.82 Å². The lowest BCUT2D eigenvalue weighted by Gasteiger charge is -2.09. The van der Waals surface area contributed by atoms with E-state index < -0.39 is 15.8 Å². The molecule has 0 aliphatic rings. The van der Waals surface area contributed by atoms with Gasteiger partial charge in [0.15, 0.2) is 11.6 Å². The predicted octanol–water partition coefficient (Wildman–Crippen LogP) is 2.50. The van der Waals surface area contributed by atoms with Gasteiger partial charge in [0.1, 0.15) is 10.7 Å². The van der Waals surface area contributed by atoms with Crippen molar-refractivity contribution in [2.45, 2.75) is 18.7 Å². The largest absolute Gasteiger partial charge is 0.336 e. The minimum atomic E-state index is -3.84. The Morgan fingerprint density at radius 3 is 2.32 bits per heavy atom. The normalized spacial score (nSPS) is 11.3. The fourth-order valence-corrected chi connectivity index (χ4v) is 3.65. The van der Waals surface area contributed by atoms with Gasteiger partial charge in [-0.15, -0.1) is 10.2 Å². The summed E-state index contributed by atoms with van der Waals surface area (Å²) < 4.78 is 40.8. The van der Waals surface area contributed by atoms with Crippen LogP contribution in [0.25, 0.3) is 0 Å². The van der Waals surface area contributed by atoms with E-state index in [1.807, 2.05) is 0 Å². The molecule has 3 rings (SSSR count). The van der Waals surface area contributed by atoms with Gasteiger partial charge in [-0.05, 0) is 38.1 Å². The van der Waals surface area contributed by atoms with Crippen LogP contribution < -0.4 is 10.0 Å². The van der Waals surface area contributed by atoms with Gasteiger partial charge in [-0.25, -0.2) is 12.8 Å². The first kappa shape index (κ1) is 16.8. The van der Waals surface area contributed by atoms with Crippen molar-refractivity contribution in [1.29, 1.82) is 0 Å². The van der Waals surface area contributed by atoms with E-state index in [-0.39, 0.29) is 22.2 Å².